The quantitative estimate of drug-likeness (QED) is 0.274. The largest absolute Gasteiger partial charge is 0.435 e. The normalized spacial score (nSPS) is 15.2. The minimum Gasteiger partial charge on any atom is -0.435 e. The molecule has 1 aliphatic heterocycles. The number of fused-ring (bicyclic) bond motifs is 1. The van der Waals surface area contributed by atoms with E-state index in [0.29, 0.717) is 33.7 Å². The molecule has 1 fully saturated rings. The molecule has 11 heteroatoms. The van der Waals surface area contributed by atoms with E-state index in [1.807, 2.05) is 11.8 Å². The highest BCUT2D eigenvalue weighted by atomic mass is 19.1. The second-order valence-corrected chi connectivity index (χ2v) is 9.44. The van der Waals surface area contributed by atoms with Gasteiger partial charge >= 0.3 is 0 Å². The average molecular weight is 524 g/mol. The molecular weight excluding hydrogens is 492 g/mol. The van der Waals surface area contributed by atoms with E-state index in [1.54, 1.807) is 31.3 Å². The van der Waals surface area contributed by atoms with Crippen molar-refractivity contribution in [1.29, 1.82) is 0 Å². The highest BCUT2D eigenvalue weighted by Crippen LogP contribution is 2.36. The van der Waals surface area contributed by atoms with Crippen LogP contribution in [0.3, 0.4) is 0 Å². The Morgan fingerprint density at radius 2 is 1.89 bits per heavy atom. The molecule has 1 saturated heterocycles. The van der Waals surface area contributed by atoms with E-state index in [1.165, 1.54) is 18.5 Å². The van der Waals surface area contributed by atoms with Crippen LogP contribution in [-0.2, 0) is 0 Å². The van der Waals surface area contributed by atoms with Crippen molar-refractivity contribution in [3.63, 3.8) is 0 Å². The Morgan fingerprint density at radius 1 is 1.11 bits per heavy atom. The fourth-order valence-corrected chi connectivity index (χ4v) is 4.70. The number of benzene rings is 2. The summed E-state index contributed by atoms with van der Waals surface area (Å²) in [6, 6.07) is 9.25. The molecule has 0 radical (unpaired) electrons. The summed E-state index contributed by atoms with van der Waals surface area (Å²) < 4.78 is 36.3. The summed E-state index contributed by atoms with van der Waals surface area (Å²) in [4.78, 5) is 15.9. The lowest BCUT2D eigenvalue weighted by Gasteiger charge is -2.34. The average Bonchev–Trinajstić information content (AvgIpc) is 3.30. The van der Waals surface area contributed by atoms with E-state index < -0.39 is 11.9 Å². The van der Waals surface area contributed by atoms with Crippen LogP contribution in [0.5, 0.6) is 11.6 Å². The van der Waals surface area contributed by atoms with E-state index in [9.17, 15) is 5.11 Å². The first-order valence-electron chi connectivity index (χ1n) is 12.5. The third-order valence-corrected chi connectivity index (χ3v) is 6.82. The van der Waals surface area contributed by atoms with E-state index >= 15 is 8.78 Å². The monoisotopic (exact) mass is 523 g/mol. The van der Waals surface area contributed by atoms with Gasteiger partial charge in [0.05, 0.1) is 23.9 Å². The summed E-state index contributed by atoms with van der Waals surface area (Å²) in [5.74, 6) is -0.531. The number of hydrogen-bond acceptors (Lipinski definition) is 8. The van der Waals surface area contributed by atoms with Crippen molar-refractivity contribution in [3.8, 4) is 11.6 Å². The minimum atomic E-state index is -0.635. The number of aliphatic hydroxyl groups is 1. The van der Waals surface area contributed by atoms with Gasteiger partial charge in [0.1, 0.15) is 18.0 Å². The zero-order valence-electron chi connectivity index (χ0n) is 21.6. The lowest BCUT2D eigenvalue weighted by Crippen LogP contribution is -2.44. The number of ether oxygens (including phenoxy) is 1. The van der Waals surface area contributed by atoms with Crippen LogP contribution in [0.25, 0.3) is 10.9 Å². The van der Waals surface area contributed by atoms with Crippen LogP contribution in [-0.4, -0.2) is 71.8 Å². The number of nitrogens with one attached hydrogen (secondary N) is 3. The van der Waals surface area contributed by atoms with Crippen LogP contribution in [0.1, 0.15) is 17.3 Å². The first-order valence-corrected chi connectivity index (χ1v) is 12.5. The molecule has 1 atom stereocenters. The van der Waals surface area contributed by atoms with Crippen molar-refractivity contribution in [1.82, 2.24) is 25.2 Å². The summed E-state index contributed by atoms with van der Waals surface area (Å²) in [7, 11) is 3.72. The first-order chi connectivity index (χ1) is 18.4. The number of nitrogens with zero attached hydrogens (tertiary/aromatic N) is 4. The molecule has 1 aliphatic rings. The Morgan fingerprint density at radius 3 is 2.61 bits per heavy atom. The molecule has 38 heavy (non-hydrogen) atoms. The maximum Gasteiger partial charge on any atom is 0.229 e. The Labute approximate surface area is 219 Å². The topological polar surface area (TPSA) is 102 Å². The van der Waals surface area contributed by atoms with Crippen molar-refractivity contribution in [2.75, 3.05) is 57.1 Å². The Bertz CT molecular complexity index is 1430. The molecule has 9 nitrogen and oxygen atoms in total. The summed E-state index contributed by atoms with van der Waals surface area (Å²) in [6.45, 7) is 4.79. The first kappa shape index (κ1) is 25.8. The lowest BCUT2D eigenvalue weighted by atomic mass is 10.1. The second kappa shape index (κ2) is 10.9. The predicted octanol–water partition coefficient (Wildman–Crippen LogP) is 4.09. The van der Waals surface area contributed by atoms with Crippen LogP contribution in [0.2, 0.25) is 0 Å². The van der Waals surface area contributed by atoms with Gasteiger partial charge in [-0.2, -0.15) is 0 Å². The lowest BCUT2D eigenvalue weighted by molar-refractivity contribution is 0.247. The van der Waals surface area contributed by atoms with Gasteiger partial charge in [-0.15, -0.1) is 0 Å². The number of hydrogen-bond donors (Lipinski definition) is 4. The predicted molar refractivity (Wildman–Crippen MR) is 143 cm³/mol. The van der Waals surface area contributed by atoms with Gasteiger partial charge in [0, 0.05) is 48.5 Å². The number of aromatic amines is 1. The van der Waals surface area contributed by atoms with Crippen molar-refractivity contribution in [2.24, 2.45) is 0 Å². The number of aryl methyl sites for hydroxylation is 1. The molecule has 0 amide bonds. The summed E-state index contributed by atoms with van der Waals surface area (Å²) in [6.07, 6.45) is 1.27. The molecule has 0 bridgehead atoms. The Hall–Kier alpha value is -3.80. The van der Waals surface area contributed by atoms with Crippen LogP contribution >= 0.6 is 0 Å². The highest BCUT2D eigenvalue weighted by molar-refractivity contribution is 5.83. The maximum atomic E-state index is 15.3. The molecule has 0 spiro atoms. The molecule has 0 aliphatic carbocycles. The standard InChI is InChI=1S/C27H31F2N7O2/c1-16-12-18-20(33-16)5-7-23(25(18)29)38-27-24(21(14-37)30-2)26(31-15-32-27)34-17-4-6-22(19(28)13-17)36-10-8-35(3)9-11-36/h4-7,12-13,15,21,30,33,37H,8-11,14H2,1-3H3,(H,31,32,34). The number of rotatable bonds is 8. The number of piperazine rings is 1. The van der Waals surface area contributed by atoms with Gasteiger partial charge in [-0.05, 0) is 57.4 Å². The molecule has 2 aromatic heterocycles. The van der Waals surface area contributed by atoms with Gasteiger partial charge in [0.25, 0.3) is 0 Å². The molecule has 3 heterocycles. The zero-order valence-corrected chi connectivity index (χ0v) is 21.6. The fraction of sp³-hybridized carbons (Fsp3) is 0.333. The summed E-state index contributed by atoms with van der Waals surface area (Å²) in [5.41, 5.74) is 2.87. The molecule has 5 rings (SSSR count). The number of aliphatic hydroxyl groups excluding tert-OH is 1. The number of likely N-dealkylation sites (N-methyl/N-ethyl adjacent to an activating group) is 2. The van der Waals surface area contributed by atoms with E-state index in [0.717, 1.165) is 31.9 Å². The van der Waals surface area contributed by atoms with Crippen LogP contribution in [0, 0.1) is 18.6 Å². The van der Waals surface area contributed by atoms with E-state index in [4.69, 9.17) is 4.74 Å². The van der Waals surface area contributed by atoms with Gasteiger partial charge in [-0.1, -0.05) is 0 Å². The van der Waals surface area contributed by atoms with Gasteiger partial charge in [0.2, 0.25) is 5.88 Å². The minimum absolute atomic E-state index is 0.0160. The van der Waals surface area contributed by atoms with E-state index in [2.05, 4.69) is 37.5 Å². The van der Waals surface area contributed by atoms with E-state index in [-0.39, 0.29) is 24.1 Å². The number of halogens is 2. The number of aromatic nitrogens is 3. The second-order valence-electron chi connectivity index (χ2n) is 9.44. The summed E-state index contributed by atoms with van der Waals surface area (Å²) in [5, 5.41) is 16.6. The third-order valence-electron chi connectivity index (χ3n) is 6.82. The highest BCUT2D eigenvalue weighted by Gasteiger charge is 2.24. The fourth-order valence-electron chi connectivity index (χ4n) is 4.70. The van der Waals surface area contributed by atoms with Crippen molar-refractivity contribution in [3.05, 3.63) is 65.6 Å². The molecule has 200 valence electrons. The van der Waals surface area contributed by atoms with Crippen LogP contribution in [0.4, 0.5) is 26.0 Å². The van der Waals surface area contributed by atoms with Gasteiger partial charge in [-0.25, -0.2) is 18.7 Å². The van der Waals surface area contributed by atoms with Crippen molar-refractivity contribution < 1.29 is 18.6 Å². The Balaban J connectivity index is 1.46. The molecule has 0 saturated carbocycles. The zero-order chi connectivity index (χ0) is 26.8. The van der Waals surface area contributed by atoms with Crippen LogP contribution in [0.15, 0.2) is 42.7 Å². The van der Waals surface area contributed by atoms with Crippen LogP contribution < -0.4 is 20.3 Å². The molecule has 4 N–H and O–H groups in total. The molecule has 4 aromatic rings. The third kappa shape index (κ3) is 5.13. The van der Waals surface area contributed by atoms with Crippen molar-refractivity contribution >= 4 is 28.1 Å². The molecule has 2 aromatic carbocycles. The SMILES string of the molecule is CNC(CO)c1c(Nc2ccc(N3CCN(C)CC3)c(F)c2)ncnc1Oc1ccc2[nH]c(C)cc2c1F. The summed E-state index contributed by atoms with van der Waals surface area (Å²) >= 11 is 0. The number of H-pyrrole nitrogens is 1. The smallest absolute Gasteiger partial charge is 0.229 e. The molecule has 1 unspecified atom stereocenters. The van der Waals surface area contributed by atoms with Gasteiger partial charge in [0.15, 0.2) is 11.6 Å². The molecular formula is C27H31F2N7O2. The van der Waals surface area contributed by atoms with Gasteiger partial charge < -0.3 is 35.3 Å². The van der Waals surface area contributed by atoms with Crippen molar-refractivity contribution in [2.45, 2.75) is 13.0 Å². The number of anilines is 3. The Kier molecular flexibility index (Phi) is 7.41. The maximum absolute atomic E-state index is 15.3. The van der Waals surface area contributed by atoms with Gasteiger partial charge in [-0.3, -0.25) is 0 Å².